The molecule has 8 aromatic carbocycles. The van der Waals surface area contributed by atoms with Crippen molar-refractivity contribution in [3.05, 3.63) is 194 Å². The van der Waals surface area contributed by atoms with Gasteiger partial charge in [-0.05, 0) is 52.6 Å². The molecular formula is C52H32N4S. The summed E-state index contributed by atoms with van der Waals surface area (Å²) in [7, 11) is 0. The van der Waals surface area contributed by atoms with Crippen molar-refractivity contribution in [2.75, 3.05) is 0 Å². The van der Waals surface area contributed by atoms with Gasteiger partial charge in [-0.15, -0.1) is 11.3 Å². The van der Waals surface area contributed by atoms with Gasteiger partial charge in [0.1, 0.15) is 0 Å². The molecule has 0 saturated heterocycles. The highest BCUT2D eigenvalue weighted by atomic mass is 32.1. The molecular weight excluding hydrogens is 713 g/mol. The third kappa shape index (κ3) is 5.93. The summed E-state index contributed by atoms with van der Waals surface area (Å²) in [6, 6.07) is 68.0. The molecule has 4 nitrogen and oxygen atoms in total. The molecule has 3 aromatic heterocycles. The normalized spacial score (nSPS) is 11.5. The Morgan fingerprint density at radius 3 is 1.42 bits per heavy atom. The number of hydrogen-bond acceptors (Lipinski definition) is 5. The number of benzene rings is 8. The second kappa shape index (κ2) is 13.7. The number of aromatic nitrogens is 4. The average molecular weight is 745 g/mol. The summed E-state index contributed by atoms with van der Waals surface area (Å²) >= 11 is 1.85. The van der Waals surface area contributed by atoms with Crippen LogP contribution in [0, 0.1) is 0 Å². The molecule has 11 aromatic rings. The number of hydrogen-bond donors (Lipinski definition) is 0. The molecule has 0 spiro atoms. The minimum absolute atomic E-state index is 0.635. The lowest BCUT2D eigenvalue weighted by Gasteiger charge is -2.13. The first-order chi connectivity index (χ1) is 28.2. The van der Waals surface area contributed by atoms with Gasteiger partial charge in [0.15, 0.2) is 17.5 Å². The molecule has 0 aliphatic rings. The van der Waals surface area contributed by atoms with Crippen LogP contribution in [0.15, 0.2) is 194 Å². The lowest BCUT2D eigenvalue weighted by Crippen LogP contribution is -2.00. The van der Waals surface area contributed by atoms with Gasteiger partial charge < -0.3 is 0 Å². The van der Waals surface area contributed by atoms with Crippen LogP contribution < -0.4 is 0 Å². The van der Waals surface area contributed by atoms with Gasteiger partial charge in [-0.3, -0.25) is 0 Å². The molecule has 3 heterocycles. The summed E-state index contributed by atoms with van der Waals surface area (Å²) in [4.78, 5) is 20.2. The summed E-state index contributed by atoms with van der Waals surface area (Å²) in [5.41, 5.74) is 10.4. The van der Waals surface area contributed by atoms with Crippen molar-refractivity contribution >= 4 is 53.2 Å². The first kappa shape index (κ1) is 33.0. The lowest BCUT2D eigenvalue weighted by molar-refractivity contribution is 1.07. The Hall–Kier alpha value is -7.34. The monoisotopic (exact) mass is 744 g/mol. The van der Waals surface area contributed by atoms with E-state index >= 15 is 0 Å². The van der Waals surface area contributed by atoms with E-state index < -0.39 is 0 Å². The number of rotatable bonds is 6. The van der Waals surface area contributed by atoms with Crippen LogP contribution in [0.25, 0.3) is 110 Å². The fourth-order valence-corrected chi connectivity index (χ4v) is 9.07. The predicted molar refractivity (Wildman–Crippen MR) is 238 cm³/mol. The van der Waals surface area contributed by atoms with Crippen molar-refractivity contribution in [3.63, 3.8) is 0 Å². The van der Waals surface area contributed by atoms with E-state index in [1.165, 1.54) is 30.9 Å². The molecule has 0 amide bonds. The molecule has 0 unspecified atom stereocenters. The van der Waals surface area contributed by atoms with Crippen LogP contribution >= 0.6 is 11.3 Å². The smallest absolute Gasteiger partial charge is 0.164 e. The van der Waals surface area contributed by atoms with Crippen molar-refractivity contribution in [2.24, 2.45) is 0 Å². The van der Waals surface area contributed by atoms with Crippen molar-refractivity contribution in [1.82, 2.24) is 19.9 Å². The zero-order valence-corrected chi connectivity index (χ0v) is 31.5. The number of nitrogens with zero attached hydrogens (tertiary/aromatic N) is 4. The standard InChI is InChI=1S/C52H32N4S/c1-4-14-33(15-5-1)49-43-28-29-46-48(42-24-10-11-25-45(42)57-46)47(43)41-27-26-39(32-44(41)53-49)37-21-12-20-36(30-37)38-22-13-23-40(31-38)52-55-50(34-16-6-2-7-17-34)54-51(56-52)35-18-8-3-9-19-35/h1-32H. The van der Waals surface area contributed by atoms with E-state index in [0.29, 0.717) is 17.5 Å². The number of fused-ring (bicyclic) bond motifs is 7. The second-order valence-electron chi connectivity index (χ2n) is 14.2. The molecule has 0 radical (unpaired) electrons. The van der Waals surface area contributed by atoms with E-state index in [0.717, 1.165) is 61.1 Å². The summed E-state index contributed by atoms with van der Waals surface area (Å²) < 4.78 is 2.59. The highest BCUT2D eigenvalue weighted by Gasteiger charge is 2.18. The van der Waals surface area contributed by atoms with Gasteiger partial charge >= 0.3 is 0 Å². The third-order valence-corrected chi connectivity index (χ3v) is 11.8. The molecule has 0 saturated carbocycles. The van der Waals surface area contributed by atoms with E-state index in [1.54, 1.807) is 0 Å². The minimum Gasteiger partial charge on any atom is -0.247 e. The van der Waals surface area contributed by atoms with E-state index in [2.05, 4.69) is 133 Å². The minimum atomic E-state index is 0.635. The average Bonchev–Trinajstić information content (AvgIpc) is 3.68. The summed E-state index contributed by atoms with van der Waals surface area (Å²) in [6.07, 6.45) is 0. The molecule has 266 valence electrons. The Balaban J connectivity index is 1.03. The summed E-state index contributed by atoms with van der Waals surface area (Å²) in [5, 5.41) is 6.18. The zero-order chi connectivity index (χ0) is 37.7. The van der Waals surface area contributed by atoms with E-state index in [1.807, 2.05) is 72.0 Å². The van der Waals surface area contributed by atoms with Gasteiger partial charge in [0, 0.05) is 58.6 Å². The first-order valence-electron chi connectivity index (χ1n) is 19.0. The second-order valence-corrected chi connectivity index (χ2v) is 15.3. The van der Waals surface area contributed by atoms with Crippen molar-refractivity contribution < 1.29 is 0 Å². The third-order valence-electron chi connectivity index (χ3n) is 10.7. The Labute approximate surface area is 333 Å². The zero-order valence-electron chi connectivity index (χ0n) is 30.7. The molecule has 0 bridgehead atoms. The topological polar surface area (TPSA) is 51.6 Å². The Kier molecular flexibility index (Phi) is 7.97. The predicted octanol–water partition coefficient (Wildman–Crippen LogP) is 13.9. The van der Waals surface area contributed by atoms with Crippen LogP contribution in [0.5, 0.6) is 0 Å². The lowest BCUT2D eigenvalue weighted by atomic mass is 9.94. The molecule has 0 fully saturated rings. The Bertz CT molecular complexity index is 3230. The SMILES string of the molecule is c1ccc(-c2nc(-c3ccccc3)nc(-c3cccc(-c4cccc(-c5ccc6c(c5)nc(-c5ccccc5)c5ccc7sc8ccccc8c7c56)c4)c3)n2)cc1. The molecule has 0 aliphatic heterocycles. The number of thiophene rings is 1. The highest BCUT2D eigenvalue weighted by molar-refractivity contribution is 7.26. The van der Waals surface area contributed by atoms with Crippen molar-refractivity contribution in [2.45, 2.75) is 0 Å². The van der Waals surface area contributed by atoms with Gasteiger partial charge in [0.2, 0.25) is 0 Å². The molecule has 0 aliphatic carbocycles. The number of pyridine rings is 1. The highest BCUT2D eigenvalue weighted by Crippen LogP contribution is 2.44. The van der Waals surface area contributed by atoms with Gasteiger partial charge in [-0.2, -0.15) is 0 Å². The van der Waals surface area contributed by atoms with Crippen LogP contribution in [0.2, 0.25) is 0 Å². The van der Waals surface area contributed by atoms with Crippen LogP contribution in [-0.2, 0) is 0 Å². The molecule has 11 rings (SSSR count). The molecule has 5 heteroatoms. The van der Waals surface area contributed by atoms with Crippen molar-refractivity contribution in [1.29, 1.82) is 0 Å². The van der Waals surface area contributed by atoms with Crippen LogP contribution in [0.4, 0.5) is 0 Å². The van der Waals surface area contributed by atoms with Crippen molar-refractivity contribution in [3.8, 4) is 67.7 Å². The van der Waals surface area contributed by atoms with E-state index in [9.17, 15) is 0 Å². The fraction of sp³-hybridized carbons (Fsp3) is 0. The van der Waals surface area contributed by atoms with Gasteiger partial charge in [-0.1, -0.05) is 164 Å². The maximum absolute atomic E-state index is 5.40. The first-order valence-corrected chi connectivity index (χ1v) is 19.9. The van der Waals surface area contributed by atoms with Crippen LogP contribution in [0.3, 0.4) is 0 Å². The maximum Gasteiger partial charge on any atom is 0.164 e. The van der Waals surface area contributed by atoms with Gasteiger partial charge in [0.25, 0.3) is 0 Å². The van der Waals surface area contributed by atoms with E-state index in [4.69, 9.17) is 19.9 Å². The Morgan fingerprint density at radius 2 is 0.772 bits per heavy atom. The van der Waals surface area contributed by atoms with Gasteiger partial charge in [0.05, 0.1) is 11.2 Å². The Morgan fingerprint density at radius 1 is 0.281 bits per heavy atom. The largest absolute Gasteiger partial charge is 0.247 e. The van der Waals surface area contributed by atoms with E-state index in [-0.39, 0.29) is 0 Å². The molecule has 57 heavy (non-hydrogen) atoms. The van der Waals surface area contributed by atoms with Gasteiger partial charge in [-0.25, -0.2) is 19.9 Å². The van der Waals surface area contributed by atoms with Crippen LogP contribution in [-0.4, -0.2) is 19.9 Å². The molecule has 0 N–H and O–H groups in total. The maximum atomic E-state index is 5.40. The van der Waals surface area contributed by atoms with Crippen LogP contribution in [0.1, 0.15) is 0 Å². The summed E-state index contributed by atoms with van der Waals surface area (Å²) in [5.74, 6) is 1.93. The molecule has 0 atom stereocenters. The summed E-state index contributed by atoms with van der Waals surface area (Å²) in [6.45, 7) is 0. The fourth-order valence-electron chi connectivity index (χ4n) is 7.96. The quantitative estimate of drug-likeness (QED) is 0.159.